The molecule has 2 rings (SSSR count). The minimum absolute atomic E-state index is 0.119. The Morgan fingerprint density at radius 1 is 1.33 bits per heavy atom. The first kappa shape index (κ1) is 15.2. The van der Waals surface area contributed by atoms with Crippen LogP contribution in [-0.4, -0.2) is 16.1 Å². The fourth-order valence-electron chi connectivity index (χ4n) is 1.87. The maximum atomic E-state index is 12.5. The Kier molecular flexibility index (Phi) is 4.06. The summed E-state index contributed by atoms with van der Waals surface area (Å²) in [6, 6.07) is 4.51. The molecule has 1 aromatic heterocycles. The van der Waals surface area contributed by atoms with Gasteiger partial charge < -0.3 is 4.74 Å². The zero-order chi connectivity index (χ0) is 15.6. The molecule has 3 nitrogen and oxygen atoms in total. The molecule has 1 aromatic carbocycles. The van der Waals surface area contributed by atoms with Gasteiger partial charge in [-0.1, -0.05) is 18.7 Å². The van der Waals surface area contributed by atoms with E-state index in [-0.39, 0.29) is 11.8 Å². The van der Waals surface area contributed by atoms with Gasteiger partial charge in [0.2, 0.25) is 0 Å². The molecule has 0 radical (unpaired) electrons. The van der Waals surface area contributed by atoms with E-state index < -0.39 is 6.36 Å². The third kappa shape index (κ3) is 3.65. The second kappa shape index (κ2) is 5.63. The summed E-state index contributed by atoms with van der Waals surface area (Å²) in [6.45, 7) is 7.49. The van der Waals surface area contributed by atoms with Crippen LogP contribution >= 0.6 is 0 Å². The van der Waals surface area contributed by atoms with Crippen LogP contribution < -0.4 is 4.74 Å². The molecule has 0 saturated carbocycles. The molecule has 1 heterocycles. The summed E-state index contributed by atoms with van der Waals surface area (Å²) in [4.78, 5) is 0. The van der Waals surface area contributed by atoms with Crippen LogP contribution in [0.5, 0.6) is 5.75 Å². The summed E-state index contributed by atoms with van der Waals surface area (Å²) in [7, 11) is 0. The summed E-state index contributed by atoms with van der Waals surface area (Å²) in [5.74, 6) is -0.253. The molecular formula is C15H15F3N2O. The van der Waals surface area contributed by atoms with Crippen LogP contribution in [0.4, 0.5) is 13.2 Å². The number of halogens is 3. The van der Waals surface area contributed by atoms with E-state index in [1.54, 1.807) is 23.0 Å². The molecule has 112 valence electrons. The van der Waals surface area contributed by atoms with Crippen LogP contribution in [-0.2, 0) is 0 Å². The van der Waals surface area contributed by atoms with E-state index in [2.05, 4.69) is 16.4 Å². The number of hydrogen-bond donors (Lipinski definition) is 0. The lowest BCUT2D eigenvalue weighted by Crippen LogP contribution is -2.17. The van der Waals surface area contributed by atoms with Gasteiger partial charge in [0.05, 0.1) is 6.20 Å². The van der Waals surface area contributed by atoms with Crippen molar-refractivity contribution in [3.63, 3.8) is 0 Å². The fourth-order valence-corrected chi connectivity index (χ4v) is 1.87. The van der Waals surface area contributed by atoms with Gasteiger partial charge in [-0.05, 0) is 31.5 Å². The van der Waals surface area contributed by atoms with Crippen molar-refractivity contribution in [2.45, 2.75) is 26.3 Å². The number of hydrogen-bond acceptors (Lipinski definition) is 2. The quantitative estimate of drug-likeness (QED) is 0.819. The summed E-state index contributed by atoms with van der Waals surface area (Å²) in [6.07, 6.45) is 0.0355. The number of nitrogens with zero attached hydrogens (tertiary/aromatic N) is 2. The Morgan fingerprint density at radius 3 is 2.57 bits per heavy atom. The van der Waals surface area contributed by atoms with E-state index >= 15 is 0 Å². The highest BCUT2D eigenvalue weighted by Gasteiger charge is 2.32. The molecule has 0 aliphatic heterocycles. The van der Waals surface area contributed by atoms with Crippen molar-refractivity contribution in [3.8, 4) is 16.9 Å². The molecule has 0 aliphatic rings. The normalized spacial score (nSPS) is 11.7. The van der Waals surface area contributed by atoms with Gasteiger partial charge in [-0.3, -0.25) is 4.68 Å². The Balaban J connectivity index is 2.49. The van der Waals surface area contributed by atoms with Gasteiger partial charge in [-0.2, -0.15) is 5.10 Å². The number of aromatic nitrogens is 2. The molecule has 6 heteroatoms. The zero-order valence-electron chi connectivity index (χ0n) is 11.7. The van der Waals surface area contributed by atoms with E-state index in [0.29, 0.717) is 16.7 Å². The van der Waals surface area contributed by atoms with Crippen molar-refractivity contribution in [1.82, 2.24) is 9.78 Å². The van der Waals surface area contributed by atoms with Gasteiger partial charge in [0.1, 0.15) is 5.75 Å². The monoisotopic (exact) mass is 296 g/mol. The van der Waals surface area contributed by atoms with Gasteiger partial charge in [0.25, 0.3) is 0 Å². The topological polar surface area (TPSA) is 27.1 Å². The number of rotatable bonds is 4. The Bertz CT molecular complexity index is 645. The lowest BCUT2D eigenvalue weighted by Gasteiger charge is -2.13. The van der Waals surface area contributed by atoms with Crippen molar-refractivity contribution >= 4 is 6.08 Å². The fraction of sp³-hybridized carbons (Fsp3) is 0.267. The molecule has 0 aliphatic carbocycles. The maximum Gasteiger partial charge on any atom is 0.573 e. The van der Waals surface area contributed by atoms with E-state index in [1.165, 1.54) is 18.3 Å². The zero-order valence-corrected chi connectivity index (χ0v) is 11.7. The first-order chi connectivity index (χ1) is 9.80. The van der Waals surface area contributed by atoms with Crippen LogP contribution in [0.2, 0.25) is 0 Å². The van der Waals surface area contributed by atoms with Crippen LogP contribution in [0.1, 0.15) is 25.5 Å². The number of ether oxygens (including phenoxy) is 1. The molecule has 0 spiro atoms. The first-order valence-electron chi connectivity index (χ1n) is 6.37. The molecular weight excluding hydrogens is 281 g/mol. The smallest absolute Gasteiger partial charge is 0.405 e. The van der Waals surface area contributed by atoms with E-state index in [9.17, 15) is 13.2 Å². The molecule has 2 aromatic rings. The molecule has 0 fully saturated rings. The number of benzene rings is 1. The van der Waals surface area contributed by atoms with Crippen molar-refractivity contribution in [2.24, 2.45) is 0 Å². The second-order valence-corrected chi connectivity index (χ2v) is 4.81. The molecule has 0 unspecified atom stereocenters. The van der Waals surface area contributed by atoms with E-state index in [4.69, 9.17) is 0 Å². The summed E-state index contributed by atoms with van der Waals surface area (Å²) >= 11 is 0. The second-order valence-electron chi connectivity index (χ2n) is 4.81. The van der Waals surface area contributed by atoms with Crippen LogP contribution in [0.3, 0.4) is 0 Å². The Morgan fingerprint density at radius 2 is 2.05 bits per heavy atom. The number of alkyl halides is 3. The minimum atomic E-state index is -4.74. The first-order valence-corrected chi connectivity index (χ1v) is 6.37. The van der Waals surface area contributed by atoms with Gasteiger partial charge in [0.15, 0.2) is 0 Å². The van der Waals surface area contributed by atoms with Gasteiger partial charge in [0, 0.05) is 23.4 Å². The predicted molar refractivity (Wildman–Crippen MR) is 74.8 cm³/mol. The van der Waals surface area contributed by atoms with Crippen LogP contribution in [0, 0.1) is 0 Å². The molecule has 21 heavy (non-hydrogen) atoms. The van der Waals surface area contributed by atoms with Crippen molar-refractivity contribution in [1.29, 1.82) is 0 Å². The predicted octanol–water partition coefficient (Wildman–Crippen LogP) is 4.67. The third-order valence-electron chi connectivity index (χ3n) is 2.91. The lowest BCUT2D eigenvalue weighted by atomic mass is 10.0. The largest absolute Gasteiger partial charge is 0.573 e. The highest BCUT2D eigenvalue weighted by molar-refractivity contribution is 5.72. The van der Waals surface area contributed by atoms with Crippen LogP contribution in [0.25, 0.3) is 17.2 Å². The molecule has 0 N–H and O–H groups in total. The Hall–Kier alpha value is -2.24. The average Bonchev–Trinajstić information content (AvgIpc) is 2.87. The molecule has 0 atom stereocenters. The van der Waals surface area contributed by atoms with Crippen molar-refractivity contribution in [2.75, 3.05) is 0 Å². The van der Waals surface area contributed by atoms with Gasteiger partial charge in [-0.15, -0.1) is 13.2 Å². The van der Waals surface area contributed by atoms with Crippen LogP contribution in [0.15, 0.2) is 37.2 Å². The Labute approximate surface area is 120 Å². The lowest BCUT2D eigenvalue weighted by molar-refractivity contribution is -0.274. The highest BCUT2D eigenvalue weighted by atomic mass is 19.4. The highest BCUT2D eigenvalue weighted by Crippen LogP contribution is 2.35. The average molecular weight is 296 g/mol. The van der Waals surface area contributed by atoms with Gasteiger partial charge >= 0.3 is 6.36 Å². The summed E-state index contributed by atoms with van der Waals surface area (Å²) in [5.41, 5.74) is 1.60. The molecule has 0 saturated heterocycles. The maximum absolute atomic E-state index is 12.5. The van der Waals surface area contributed by atoms with Crippen molar-refractivity contribution < 1.29 is 17.9 Å². The molecule has 0 bridgehead atoms. The minimum Gasteiger partial charge on any atom is -0.405 e. The summed E-state index contributed by atoms with van der Waals surface area (Å²) in [5, 5.41) is 4.14. The van der Waals surface area contributed by atoms with Crippen molar-refractivity contribution in [3.05, 3.63) is 42.7 Å². The summed E-state index contributed by atoms with van der Waals surface area (Å²) < 4.78 is 43.2. The third-order valence-corrected chi connectivity index (χ3v) is 2.91. The van der Waals surface area contributed by atoms with E-state index in [1.807, 2.05) is 13.8 Å². The van der Waals surface area contributed by atoms with Gasteiger partial charge in [-0.25, -0.2) is 0 Å². The molecule has 0 amide bonds. The SMILES string of the molecule is C=Cc1ccc(OC(F)(F)F)c(-c2cnn(C(C)C)c2)c1. The standard InChI is InChI=1S/C15H15F3N2O/c1-4-11-5-6-14(21-15(16,17)18)13(7-11)12-8-19-20(9-12)10(2)3/h4-10H,1H2,2-3H3. The van der Waals surface area contributed by atoms with E-state index in [0.717, 1.165) is 0 Å².